The van der Waals surface area contributed by atoms with E-state index in [-0.39, 0.29) is 25.3 Å². The van der Waals surface area contributed by atoms with Gasteiger partial charge in [-0.2, -0.15) is 0 Å². The predicted molar refractivity (Wildman–Crippen MR) is 158 cm³/mol. The number of primary amides is 1. The van der Waals surface area contributed by atoms with E-state index in [1.54, 1.807) is 17.0 Å². The molecule has 4 atom stereocenters. The molecule has 2 heterocycles. The van der Waals surface area contributed by atoms with E-state index in [9.17, 15) is 19.5 Å². The molecule has 5 rings (SSSR count). The van der Waals surface area contributed by atoms with Gasteiger partial charge < -0.3 is 21.1 Å². The molecule has 2 aromatic carbocycles. The second kappa shape index (κ2) is 11.9. The maximum Gasteiger partial charge on any atom is 0.249 e. The van der Waals surface area contributed by atoms with Gasteiger partial charge in [0.2, 0.25) is 17.7 Å². The van der Waals surface area contributed by atoms with Crippen LogP contribution in [0.5, 0.6) is 0 Å². The van der Waals surface area contributed by atoms with Crippen molar-refractivity contribution in [3.8, 4) is 11.1 Å². The number of benzene rings is 2. The summed E-state index contributed by atoms with van der Waals surface area (Å²) < 4.78 is 1.54. The SMILES string of the molecule is C=CC(C)(C)[C@@H](C(=O)N1C[C@H](O)C[C@H]1C(=O)N[C@H](Cc1ccc(-c2ccccc2)cc1)C(N)=O)n1cc(C2CC2)nn1. The van der Waals surface area contributed by atoms with Gasteiger partial charge in [-0.25, -0.2) is 4.68 Å². The number of carbonyl (C=O) groups excluding carboxylic acids is 3. The summed E-state index contributed by atoms with van der Waals surface area (Å²) in [5.41, 5.74) is 8.72. The Bertz CT molecular complexity index is 1450. The Labute approximate surface area is 245 Å². The molecule has 1 saturated heterocycles. The van der Waals surface area contributed by atoms with E-state index in [0.717, 1.165) is 35.2 Å². The highest BCUT2D eigenvalue weighted by molar-refractivity contribution is 5.93. The average Bonchev–Trinajstić information content (AvgIpc) is 3.59. The Morgan fingerprint density at radius 1 is 1.12 bits per heavy atom. The Morgan fingerprint density at radius 2 is 1.79 bits per heavy atom. The van der Waals surface area contributed by atoms with Gasteiger partial charge in [-0.1, -0.05) is 79.7 Å². The van der Waals surface area contributed by atoms with Gasteiger partial charge >= 0.3 is 0 Å². The van der Waals surface area contributed by atoms with E-state index in [2.05, 4.69) is 22.2 Å². The fourth-order valence-electron chi connectivity index (χ4n) is 5.52. The fourth-order valence-corrected chi connectivity index (χ4v) is 5.52. The molecule has 3 amide bonds. The first kappa shape index (κ1) is 29.2. The second-order valence-electron chi connectivity index (χ2n) is 12.0. The molecule has 4 N–H and O–H groups in total. The van der Waals surface area contributed by atoms with Crippen LogP contribution in [0, 0.1) is 5.41 Å². The Morgan fingerprint density at radius 3 is 2.40 bits per heavy atom. The summed E-state index contributed by atoms with van der Waals surface area (Å²) in [7, 11) is 0. The van der Waals surface area contributed by atoms with E-state index < -0.39 is 41.5 Å². The number of aliphatic hydroxyl groups is 1. The number of nitrogens with one attached hydrogen (secondary N) is 1. The Hall–Kier alpha value is -4.31. The molecule has 0 bridgehead atoms. The number of rotatable bonds is 11. The molecule has 2 aliphatic rings. The summed E-state index contributed by atoms with van der Waals surface area (Å²) in [6, 6.07) is 14.8. The number of likely N-dealkylation sites (tertiary alicyclic amines) is 1. The summed E-state index contributed by atoms with van der Waals surface area (Å²) in [5.74, 6) is -1.26. The number of allylic oxidation sites excluding steroid dienone is 1. The molecule has 1 aliphatic heterocycles. The first-order valence-corrected chi connectivity index (χ1v) is 14.4. The zero-order valence-corrected chi connectivity index (χ0v) is 24.0. The lowest BCUT2D eigenvalue weighted by atomic mass is 9.83. The minimum absolute atomic E-state index is 0.0208. The topological polar surface area (TPSA) is 143 Å². The largest absolute Gasteiger partial charge is 0.391 e. The van der Waals surface area contributed by atoms with Crippen LogP contribution >= 0.6 is 0 Å². The van der Waals surface area contributed by atoms with Crippen LogP contribution in [-0.4, -0.2) is 67.5 Å². The highest BCUT2D eigenvalue weighted by Crippen LogP contribution is 2.40. The van der Waals surface area contributed by atoms with Crippen molar-refractivity contribution in [2.45, 2.75) is 69.7 Å². The van der Waals surface area contributed by atoms with Gasteiger partial charge in [-0.05, 0) is 29.5 Å². The van der Waals surface area contributed by atoms with Gasteiger partial charge in [-0.3, -0.25) is 14.4 Å². The summed E-state index contributed by atoms with van der Waals surface area (Å²) in [4.78, 5) is 41.4. The summed E-state index contributed by atoms with van der Waals surface area (Å²) in [5, 5.41) is 21.8. The van der Waals surface area contributed by atoms with Crippen molar-refractivity contribution in [2.75, 3.05) is 6.54 Å². The van der Waals surface area contributed by atoms with E-state index >= 15 is 0 Å². The third-order valence-electron chi connectivity index (χ3n) is 8.28. The molecule has 1 aromatic heterocycles. The van der Waals surface area contributed by atoms with Crippen LogP contribution in [0.4, 0.5) is 0 Å². The van der Waals surface area contributed by atoms with Crippen molar-refractivity contribution in [3.05, 3.63) is 84.7 Å². The first-order valence-electron chi connectivity index (χ1n) is 14.4. The lowest BCUT2D eigenvalue weighted by Gasteiger charge is -2.35. The molecule has 42 heavy (non-hydrogen) atoms. The van der Waals surface area contributed by atoms with E-state index in [0.29, 0.717) is 5.92 Å². The molecule has 1 saturated carbocycles. The number of hydrogen-bond acceptors (Lipinski definition) is 6. The molecule has 0 unspecified atom stereocenters. The molecule has 220 valence electrons. The maximum atomic E-state index is 14.1. The molecule has 0 radical (unpaired) electrons. The van der Waals surface area contributed by atoms with Crippen molar-refractivity contribution in [1.82, 2.24) is 25.2 Å². The zero-order valence-electron chi connectivity index (χ0n) is 24.0. The van der Waals surface area contributed by atoms with Crippen molar-refractivity contribution < 1.29 is 19.5 Å². The molecular formula is C32H38N6O4. The van der Waals surface area contributed by atoms with Gasteiger partial charge in [-0.15, -0.1) is 11.7 Å². The van der Waals surface area contributed by atoms with Gasteiger partial charge in [0, 0.05) is 36.9 Å². The third kappa shape index (κ3) is 6.28. The quantitative estimate of drug-likeness (QED) is 0.303. The lowest BCUT2D eigenvalue weighted by Crippen LogP contribution is -2.54. The van der Waals surface area contributed by atoms with Gasteiger partial charge in [0.05, 0.1) is 11.8 Å². The van der Waals surface area contributed by atoms with Gasteiger partial charge in [0.25, 0.3) is 0 Å². The normalized spacial score (nSPS) is 20.1. The first-order chi connectivity index (χ1) is 20.1. The lowest BCUT2D eigenvalue weighted by molar-refractivity contribution is -0.144. The van der Waals surface area contributed by atoms with Crippen LogP contribution in [-0.2, 0) is 20.8 Å². The molecule has 2 fully saturated rings. The summed E-state index contributed by atoms with van der Waals surface area (Å²) in [6.45, 7) is 7.64. The number of β-amino-alcohol motifs (C(OH)–C–C–N with tert-alkyl or cyclic N) is 1. The molecule has 10 nitrogen and oxygen atoms in total. The average molecular weight is 571 g/mol. The second-order valence-corrected chi connectivity index (χ2v) is 12.0. The van der Waals surface area contributed by atoms with E-state index in [1.165, 1.54) is 4.90 Å². The number of amides is 3. The van der Waals surface area contributed by atoms with Gasteiger partial charge in [0.15, 0.2) is 0 Å². The standard InChI is InChI=1S/C32H38N6O4/c1-4-32(2,3)28(38-19-26(35-36-38)23-14-15-23)31(42)37-18-24(39)17-27(37)30(41)34-25(29(33)40)16-20-10-12-22(13-11-20)21-8-6-5-7-9-21/h4-13,19,23-25,27-28,39H,1,14-18H2,2-3H3,(H2,33,40)(H,34,41)/t24-,25-,27+,28-/m1/s1. The Kier molecular flexibility index (Phi) is 8.27. The molecule has 1 aliphatic carbocycles. The van der Waals surface area contributed by atoms with Crippen LogP contribution in [0.15, 0.2) is 73.4 Å². The number of aliphatic hydroxyl groups excluding tert-OH is 1. The van der Waals surface area contributed by atoms with Crippen LogP contribution in [0.3, 0.4) is 0 Å². The summed E-state index contributed by atoms with van der Waals surface area (Å²) >= 11 is 0. The van der Waals surface area contributed by atoms with E-state index in [4.69, 9.17) is 5.73 Å². The van der Waals surface area contributed by atoms with Crippen LogP contribution in [0.25, 0.3) is 11.1 Å². The number of carbonyl (C=O) groups is 3. The molecule has 10 heteroatoms. The van der Waals surface area contributed by atoms with Crippen molar-refractivity contribution in [1.29, 1.82) is 0 Å². The Balaban J connectivity index is 1.32. The van der Waals surface area contributed by atoms with Crippen LogP contribution in [0.2, 0.25) is 0 Å². The minimum atomic E-state index is -0.994. The maximum absolute atomic E-state index is 14.1. The van der Waals surface area contributed by atoms with Crippen LogP contribution < -0.4 is 11.1 Å². The molecule has 0 spiro atoms. The fraction of sp³-hybridized carbons (Fsp3) is 0.406. The monoisotopic (exact) mass is 570 g/mol. The van der Waals surface area contributed by atoms with Crippen molar-refractivity contribution in [3.63, 3.8) is 0 Å². The van der Waals surface area contributed by atoms with Crippen molar-refractivity contribution in [2.24, 2.45) is 11.1 Å². The number of hydrogen-bond donors (Lipinski definition) is 3. The highest BCUT2D eigenvalue weighted by Gasteiger charge is 2.46. The minimum Gasteiger partial charge on any atom is -0.391 e. The molecule has 3 aromatic rings. The van der Waals surface area contributed by atoms with Gasteiger partial charge in [0.1, 0.15) is 18.1 Å². The zero-order chi connectivity index (χ0) is 30.0. The van der Waals surface area contributed by atoms with E-state index in [1.807, 2.05) is 68.4 Å². The molecular weight excluding hydrogens is 532 g/mol. The number of nitrogens with two attached hydrogens (primary N) is 1. The predicted octanol–water partition coefficient (Wildman–Crippen LogP) is 2.75. The third-order valence-corrected chi connectivity index (χ3v) is 8.28. The smallest absolute Gasteiger partial charge is 0.249 e. The van der Waals surface area contributed by atoms with Crippen molar-refractivity contribution >= 4 is 17.7 Å². The highest BCUT2D eigenvalue weighted by atomic mass is 16.3. The van der Waals surface area contributed by atoms with Crippen LogP contribution in [0.1, 0.15) is 56.3 Å². The number of nitrogens with zero attached hydrogens (tertiary/aromatic N) is 4. The summed E-state index contributed by atoms with van der Waals surface area (Å²) in [6.07, 6.45) is 4.89. The number of aromatic nitrogens is 3.